The van der Waals surface area contributed by atoms with E-state index in [1.165, 1.54) is 6.07 Å². The number of carbonyl (C=O) groups excluding carboxylic acids is 1. The number of nitriles is 1. The third-order valence-corrected chi connectivity index (χ3v) is 4.08. The Hall–Kier alpha value is -3.00. The Labute approximate surface area is 172 Å². The molecule has 1 aromatic carbocycles. The summed E-state index contributed by atoms with van der Waals surface area (Å²) < 4.78 is 43.5. The van der Waals surface area contributed by atoms with Gasteiger partial charge in [0.15, 0.2) is 6.10 Å². The number of ether oxygens (including phenoxy) is 1. The Morgan fingerprint density at radius 2 is 1.93 bits per heavy atom. The fraction of sp³-hybridized carbons (Fsp3) is 0.526. The lowest BCUT2D eigenvalue weighted by Gasteiger charge is -2.25. The number of piperazine rings is 1. The molecule has 0 saturated carbocycles. The Kier molecular flexibility index (Phi) is 9.39. The monoisotopic (exact) mass is 430 g/mol. The zero-order valence-corrected chi connectivity index (χ0v) is 16.7. The summed E-state index contributed by atoms with van der Waals surface area (Å²) in [4.78, 5) is 23.2. The number of benzene rings is 1. The first-order valence-corrected chi connectivity index (χ1v) is 9.21. The van der Waals surface area contributed by atoms with Crippen molar-refractivity contribution in [3.8, 4) is 11.8 Å². The van der Waals surface area contributed by atoms with Gasteiger partial charge in [0.2, 0.25) is 0 Å². The molecule has 11 heteroatoms. The molecule has 2 rings (SSSR count). The molecular formula is C19H25F3N4O4. The van der Waals surface area contributed by atoms with Crippen molar-refractivity contribution in [3.05, 3.63) is 29.3 Å². The number of rotatable bonds is 5. The van der Waals surface area contributed by atoms with Gasteiger partial charge in [0.25, 0.3) is 0 Å². The number of primary amides is 1. The van der Waals surface area contributed by atoms with Crippen molar-refractivity contribution in [2.45, 2.75) is 32.5 Å². The van der Waals surface area contributed by atoms with Crippen LogP contribution in [0.2, 0.25) is 0 Å². The molecule has 1 heterocycles. The molecule has 2 amide bonds. The van der Waals surface area contributed by atoms with Crippen LogP contribution in [-0.2, 0) is 11.0 Å². The second kappa shape index (κ2) is 11.3. The maximum absolute atomic E-state index is 12.8. The Bertz CT molecular complexity index is 772. The van der Waals surface area contributed by atoms with E-state index in [1.54, 1.807) is 18.7 Å². The molecule has 166 valence electrons. The predicted octanol–water partition coefficient (Wildman–Crippen LogP) is 2.43. The minimum atomic E-state index is -4.71. The third kappa shape index (κ3) is 8.16. The van der Waals surface area contributed by atoms with Crippen molar-refractivity contribution in [2.24, 2.45) is 11.7 Å². The van der Waals surface area contributed by atoms with E-state index in [0.29, 0.717) is 6.07 Å². The molecule has 0 spiro atoms. The summed E-state index contributed by atoms with van der Waals surface area (Å²) in [6.45, 7) is 6.77. The van der Waals surface area contributed by atoms with Crippen molar-refractivity contribution in [1.82, 2.24) is 10.2 Å². The Balaban J connectivity index is 0.000000414. The molecule has 4 N–H and O–H groups in total. The highest BCUT2D eigenvalue weighted by Crippen LogP contribution is 2.34. The van der Waals surface area contributed by atoms with Crippen molar-refractivity contribution >= 4 is 12.0 Å². The summed E-state index contributed by atoms with van der Waals surface area (Å²) in [5.74, 6) is -1.47. The fourth-order valence-corrected chi connectivity index (χ4v) is 2.61. The zero-order valence-electron chi connectivity index (χ0n) is 16.7. The standard InChI is InChI=1S/C14H14F3NO3.C5H11N3O/c1-8(2)5-12(13(19)20)21-10-4-3-9(7-18)11(6-10)14(15,16)17;6-5(9)8-3-1-7-2-4-8/h3-4,6,8,12H,5H2,1-2H3,(H,19,20);7H,1-4H2,(H2,6,9). The maximum Gasteiger partial charge on any atom is 0.417 e. The van der Waals surface area contributed by atoms with Gasteiger partial charge in [-0.05, 0) is 30.5 Å². The lowest BCUT2D eigenvalue weighted by atomic mass is 10.1. The van der Waals surface area contributed by atoms with Crippen LogP contribution in [0.1, 0.15) is 31.4 Å². The molecule has 30 heavy (non-hydrogen) atoms. The molecule has 8 nitrogen and oxygen atoms in total. The number of nitrogens with two attached hydrogens (primary N) is 1. The molecule has 1 aromatic rings. The minimum Gasteiger partial charge on any atom is -0.479 e. The van der Waals surface area contributed by atoms with Crippen LogP contribution in [0.4, 0.5) is 18.0 Å². The molecule has 1 fully saturated rings. The number of hydrogen-bond acceptors (Lipinski definition) is 5. The Morgan fingerprint density at radius 3 is 2.33 bits per heavy atom. The van der Waals surface area contributed by atoms with Gasteiger partial charge in [0.1, 0.15) is 5.75 Å². The molecule has 1 aliphatic rings. The van der Waals surface area contributed by atoms with Crippen LogP contribution in [0.15, 0.2) is 18.2 Å². The van der Waals surface area contributed by atoms with E-state index in [9.17, 15) is 22.8 Å². The molecule has 1 atom stereocenters. The highest BCUT2D eigenvalue weighted by Gasteiger charge is 2.34. The number of carboxylic acid groups (broad SMARTS) is 1. The first-order chi connectivity index (χ1) is 14.0. The first kappa shape index (κ1) is 25.0. The van der Waals surface area contributed by atoms with E-state index in [1.807, 2.05) is 0 Å². The van der Waals surface area contributed by atoms with E-state index in [-0.39, 0.29) is 24.1 Å². The van der Waals surface area contributed by atoms with Gasteiger partial charge in [-0.25, -0.2) is 9.59 Å². The molecule has 0 aromatic heterocycles. The molecule has 0 radical (unpaired) electrons. The summed E-state index contributed by atoms with van der Waals surface area (Å²) in [7, 11) is 0. The zero-order chi connectivity index (χ0) is 22.9. The van der Waals surface area contributed by atoms with Gasteiger partial charge in [-0.3, -0.25) is 0 Å². The summed E-state index contributed by atoms with van der Waals surface area (Å²) in [5, 5.41) is 20.8. The van der Waals surface area contributed by atoms with Crippen LogP contribution in [0.3, 0.4) is 0 Å². The van der Waals surface area contributed by atoms with E-state index < -0.39 is 29.4 Å². The summed E-state index contributed by atoms with van der Waals surface area (Å²) in [6.07, 6.45) is -5.78. The van der Waals surface area contributed by atoms with Gasteiger partial charge in [0.05, 0.1) is 17.2 Å². The van der Waals surface area contributed by atoms with Gasteiger partial charge in [-0.15, -0.1) is 0 Å². The number of nitrogens with one attached hydrogen (secondary N) is 1. The largest absolute Gasteiger partial charge is 0.479 e. The van der Waals surface area contributed by atoms with Crippen molar-refractivity contribution in [3.63, 3.8) is 0 Å². The SMILES string of the molecule is CC(C)CC(Oc1ccc(C#N)c(C(F)(F)F)c1)C(=O)O.NC(=O)N1CCNCC1. The molecule has 1 unspecified atom stereocenters. The van der Waals surface area contributed by atoms with Gasteiger partial charge in [-0.1, -0.05) is 13.8 Å². The van der Waals surface area contributed by atoms with Gasteiger partial charge in [-0.2, -0.15) is 18.4 Å². The predicted molar refractivity (Wildman–Crippen MR) is 102 cm³/mol. The van der Waals surface area contributed by atoms with Crippen LogP contribution in [0.5, 0.6) is 5.75 Å². The number of alkyl halides is 3. The van der Waals surface area contributed by atoms with Crippen molar-refractivity contribution < 1.29 is 32.6 Å². The molecule has 1 aliphatic heterocycles. The van der Waals surface area contributed by atoms with Crippen LogP contribution < -0.4 is 15.8 Å². The second-order valence-corrected chi connectivity index (χ2v) is 6.97. The number of halogens is 3. The van der Waals surface area contributed by atoms with E-state index in [2.05, 4.69) is 5.32 Å². The quantitative estimate of drug-likeness (QED) is 0.658. The van der Waals surface area contributed by atoms with E-state index in [4.69, 9.17) is 20.8 Å². The number of urea groups is 1. The number of nitrogens with zero attached hydrogens (tertiary/aromatic N) is 2. The highest BCUT2D eigenvalue weighted by atomic mass is 19.4. The minimum absolute atomic E-state index is 0.00608. The number of hydrogen-bond donors (Lipinski definition) is 3. The smallest absolute Gasteiger partial charge is 0.417 e. The third-order valence-electron chi connectivity index (χ3n) is 4.08. The molecule has 0 bridgehead atoms. The van der Waals surface area contributed by atoms with E-state index in [0.717, 1.165) is 38.3 Å². The normalized spacial score (nSPS) is 14.9. The first-order valence-electron chi connectivity index (χ1n) is 9.21. The second-order valence-electron chi connectivity index (χ2n) is 6.97. The number of amides is 2. The van der Waals surface area contributed by atoms with Crippen LogP contribution in [-0.4, -0.2) is 54.3 Å². The number of carboxylic acids is 1. The maximum atomic E-state index is 12.8. The van der Waals surface area contributed by atoms with Crippen LogP contribution in [0, 0.1) is 17.2 Å². The topological polar surface area (TPSA) is 129 Å². The lowest BCUT2D eigenvalue weighted by molar-refractivity contribution is -0.145. The van der Waals surface area contributed by atoms with Gasteiger partial charge >= 0.3 is 18.2 Å². The lowest BCUT2D eigenvalue weighted by Crippen LogP contribution is -2.48. The molecule has 1 saturated heterocycles. The average molecular weight is 430 g/mol. The van der Waals surface area contributed by atoms with Crippen LogP contribution >= 0.6 is 0 Å². The number of carbonyl (C=O) groups is 2. The summed E-state index contributed by atoms with van der Waals surface area (Å²) >= 11 is 0. The molecule has 0 aliphatic carbocycles. The summed E-state index contributed by atoms with van der Waals surface area (Å²) in [5.41, 5.74) is 3.35. The number of aliphatic carboxylic acids is 1. The fourth-order valence-electron chi connectivity index (χ4n) is 2.61. The van der Waals surface area contributed by atoms with Gasteiger partial charge < -0.3 is 25.8 Å². The molecular weight excluding hydrogens is 405 g/mol. The Morgan fingerprint density at radius 1 is 1.33 bits per heavy atom. The van der Waals surface area contributed by atoms with Crippen molar-refractivity contribution in [2.75, 3.05) is 26.2 Å². The van der Waals surface area contributed by atoms with E-state index >= 15 is 0 Å². The summed E-state index contributed by atoms with van der Waals surface area (Å²) in [6, 6.07) is 3.91. The highest BCUT2D eigenvalue weighted by molar-refractivity contribution is 5.73. The average Bonchev–Trinajstić information content (AvgIpc) is 2.67. The van der Waals surface area contributed by atoms with Crippen molar-refractivity contribution in [1.29, 1.82) is 5.26 Å². The van der Waals surface area contributed by atoms with Crippen LogP contribution in [0.25, 0.3) is 0 Å². The van der Waals surface area contributed by atoms with Gasteiger partial charge in [0, 0.05) is 26.2 Å².